The Bertz CT molecular complexity index is 308. The van der Waals surface area contributed by atoms with E-state index >= 15 is 0 Å². The minimum absolute atomic E-state index is 0. The lowest BCUT2D eigenvalue weighted by molar-refractivity contribution is -0.0961. The molecule has 0 bridgehead atoms. The number of hydrogen-bond acceptors (Lipinski definition) is 4. The van der Waals surface area contributed by atoms with Crippen LogP contribution in [-0.2, 0) is 9.47 Å². The fraction of sp³-hybridized carbons (Fsp3) is 0.923. The molecule has 2 aliphatic heterocycles. The fourth-order valence-corrected chi connectivity index (χ4v) is 2.51. The van der Waals surface area contributed by atoms with Gasteiger partial charge in [0.15, 0.2) is 0 Å². The first kappa shape index (κ1) is 16.5. The number of hydrogen-bond donors (Lipinski definition) is 2. The molecule has 112 valence electrons. The van der Waals surface area contributed by atoms with E-state index in [4.69, 9.17) is 9.47 Å². The van der Waals surface area contributed by atoms with Crippen LogP contribution in [-0.4, -0.2) is 43.0 Å². The third-order valence-electron chi connectivity index (χ3n) is 3.45. The van der Waals surface area contributed by atoms with Gasteiger partial charge in [0, 0.05) is 6.04 Å². The van der Waals surface area contributed by atoms with Crippen molar-refractivity contribution in [3.63, 3.8) is 0 Å². The van der Waals surface area contributed by atoms with Crippen molar-refractivity contribution in [3.05, 3.63) is 0 Å². The Morgan fingerprint density at radius 2 is 2.05 bits per heavy atom. The van der Waals surface area contributed by atoms with Gasteiger partial charge in [0.1, 0.15) is 11.1 Å². The zero-order valence-corrected chi connectivity index (χ0v) is 12.8. The van der Waals surface area contributed by atoms with E-state index in [1.54, 1.807) is 0 Å². The zero-order chi connectivity index (χ0) is 13.2. The minimum Gasteiger partial charge on any atom is -0.444 e. The summed E-state index contributed by atoms with van der Waals surface area (Å²) in [5.74, 6) is 0. The van der Waals surface area contributed by atoms with Gasteiger partial charge < -0.3 is 20.1 Å². The number of rotatable bonds is 2. The van der Waals surface area contributed by atoms with Crippen molar-refractivity contribution in [2.45, 2.75) is 57.2 Å². The van der Waals surface area contributed by atoms with Crippen molar-refractivity contribution >= 4 is 18.5 Å². The number of alkyl carbamates (subject to hydrolysis) is 1. The van der Waals surface area contributed by atoms with Crippen LogP contribution in [0.4, 0.5) is 4.79 Å². The summed E-state index contributed by atoms with van der Waals surface area (Å²) in [4.78, 5) is 11.9. The molecule has 0 aromatic heterocycles. The molecule has 0 aliphatic carbocycles. The van der Waals surface area contributed by atoms with Crippen molar-refractivity contribution in [1.82, 2.24) is 10.6 Å². The highest BCUT2D eigenvalue weighted by Gasteiger charge is 2.47. The molecule has 2 rings (SSSR count). The van der Waals surface area contributed by atoms with Gasteiger partial charge in [0.2, 0.25) is 0 Å². The van der Waals surface area contributed by atoms with E-state index in [9.17, 15) is 4.79 Å². The number of amides is 1. The van der Waals surface area contributed by atoms with Crippen molar-refractivity contribution in [2.24, 2.45) is 0 Å². The van der Waals surface area contributed by atoms with E-state index < -0.39 is 5.60 Å². The molecule has 0 spiro atoms. The van der Waals surface area contributed by atoms with Gasteiger partial charge in [-0.1, -0.05) is 6.42 Å². The van der Waals surface area contributed by atoms with Crippen LogP contribution in [0.15, 0.2) is 0 Å². The molecule has 0 saturated carbocycles. The van der Waals surface area contributed by atoms with Gasteiger partial charge in [-0.15, -0.1) is 12.4 Å². The Hall–Kier alpha value is -0.520. The van der Waals surface area contributed by atoms with Crippen molar-refractivity contribution < 1.29 is 14.3 Å². The molecule has 2 fully saturated rings. The maximum atomic E-state index is 11.9. The monoisotopic (exact) mass is 292 g/mol. The predicted octanol–water partition coefficient (Wildman–Crippen LogP) is 1.84. The largest absolute Gasteiger partial charge is 0.444 e. The molecule has 0 aromatic rings. The van der Waals surface area contributed by atoms with Crippen molar-refractivity contribution in [3.8, 4) is 0 Å². The third kappa shape index (κ3) is 4.23. The molecule has 1 atom stereocenters. The summed E-state index contributed by atoms with van der Waals surface area (Å²) in [7, 11) is 0. The summed E-state index contributed by atoms with van der Waals surface area (Å²) in [5.41, 5.74) is -0.737. The third-order valence-corrected chi connectivity index (χ3v) is 3.45. The van der Waals surface area contributed by atoms with Crippen molar-refractivity contribution in [2.75, 3.05) is 19.8 Å². The maximum absolute atomic E-state index is 11.9. The molecule has 1 unspecified atom stereocenters. The number of halogens is 1. The Morgan fingerprint density at radius 1 is 1.37 bits per heavy atom. The molecule has 5 nitrogen and oxygen atoms in total. The average Bonchev–Trinajstić information content (AvgIpc) is 2.22. The molecular formula is C13H25ClN2O3. The molecule has 6 heteroatoms. The van der Waals surface area contributed by atoms with Gasteiger partial charge in [0.25, 0.3) is 0 Å². The zero-order valence-electron chi connectivity index (χ0n) is 12.0. The van der Waals surface area contributed by atoms with Crippen LogP contribution < -0.4 is 10.6 Å². The first-order chi connectivity index (χ1) is 8.41. The maximum Gasteiger partial charge on any atom is 0.408 e. The van der Waals surface area contributed by atoms with E-state index in [2.05, 4.69) is 10.6 Å². The van der Waals surface area contributed by atoms with Crippen LogP contribution in [0.5, 0.6) is 0 Å². The van der Waals surface area contributed by atoms with Crippen LogP contribution in [0.3, 0.4) is 0 Å². The molecule has 2 saturated heterocycles. The Kier molecular flexibility index (Phi) is 5.47. The standard InChI is InChI=1S/C13H24N2O3.ClH/c1-12(2,3)18-11(16)15-13(8-17-9-13)10-6-4-5-7-14-10;/h10,14H,4-9H2,1-3H3,(H,15,16);1H. The summed E-state index contributed by atoms with van der Waals surface area (Å²) in [5, 5.41) is 6.49. The van der Waals surface area contributed by atoms with Gasteiger partial charge in [-0.3, -0.25) is 0 Å². The van der Waals surface area contributed by atoms with Gasteiger partial charge in [-0.25, -0.2) is 4.79 Å². The van der Waals surface area contributed by atoms with Crippen molar-refractivity contribution in [1.29, 1.82) is 0 Å². The van der Waals surface area contributed by atoms with Gasteiger partial charge in [0.05, 0.1) is 13.2 Å². The van der Waals surface area contributed by atoms with E-state index in [-0.39, 0.29) is 24.0 Å². The van der Waals surface area contributed by atoms with E-state index in [1.165, 1.54) is 12.8 Å². The molecule has 2 heterocycles. The summed E-state index contributed by atoms with van der Waals surface area (Å²) in [6, 6.07) is 0.299. The highest BCUT2D eigenvalue weighted by atomic mass is 35.5. The number of carbonyl (C=O) groups is 1. The molecule has 1 amide bonds. The minimum atomic E-state index is -0.462. The highest BCUT2D eigenvalue weighted by molar-refractivity contribution is 5.85. The van der Waals surface area contributed by atoms with Gasteiger partial charge in [-0.05, 0) is 40.2 Å². The van der Waals surface area contributed by atoms with Crippen LogP contribution in [0.25, 0.3) is 0 Å². The summed E-state index contributed by atoms with van der Waals surface area (Å²) < 4.78 is 10.6. The summed E-state index contributed by atoms with van der Waals surface area (Å²) >= 11 is 0. The number of nitrogens with one attached hydrogen (secondary N) is 2. The number of ether oxygens (including phenoxy) is 2. The lowest BCUT2D eigenvalue weighted by Gasteiger charge is -2.48. The van der Waals surface area contributed by atoms with Gasteiger partial charge in [-0.2, -0.15) is 0 Å². The van der Waals surface area contributed by atoms with Gasteiger partial charge >= 0.3 is 6.09 Å². The van der Waals surface area contributed by atoms with E-state index in [0.717, 1.165) is 13.0 Å². The highest BCUT2D eigenvalue weighted by Crippen LogP contribution is 2.27. The Morgan fingerprint density at radius 3 is 2.47 bits per heavy atom. The lowest BCUT2D eigenvalue weighted by atomic mass is 9.83. The molecule has 19 heavy (non-hydrogen) atoms. The number of carbonyl (C=O) groups excluding carboxylic acids is 1. The fourth-order valence-electron chi connectivity index (χ4n) is 2.51. The summed E-state index contributed by atoms with van der Waals surface area (Å²) in [6.45, 7) is 7.77. The second-order valence-electron chi connectivity index (χ2n) is 6.28. The van der Waals surface area contributed by atoms with E-state index in [0.29, 0.717) is 19.3 Å². The molecule has 2 aliphatic rings. The number of piperidine rings is 1. The first-order valence-corrected chi connectivity index (χ1v) is 6.74. The molecular weight excluding hydrogens is 268 g/mol. The normalized spacial score (nSPS) is 25.7. The lowest BCUT2D eigenvalue weighted by Crippen LogP contribution is -2.72. The van der Waals surface area contributed by atoms with Crippen LogP contribution in [0.1, 0.15) is 40.0 Å². The SMILES string of the molecule is CC(C)(C)OC(=O)NC1(C2CCCCN2)COC1.Cl. The quantitative estimate of drug-likeness (QED) is 0.815. The van der Waals surface area contributed by atoms with Crippen LogP contribution >= 0.6 is 12.4 Å². The van der Waals surface area contributed by atoms with Crippen LogP contribution in [0.2, 0.25) is 0 Å². The second kappa shape index (κ2) is 6.29. The molecule has 0 radical (unpaired) electrons. The predicted molar refractivity (Wildman–Crippen MR) is 75.8 cm³/mol. The average molecular weight is 293 g/mol. The Balaban J connectivity index is 0.00000180. The smallest absolute Gasteiger partial charge is 0.408 e. The van der Waals surface area contributed by atoms with Crippen LogP contribution in [0, 0.1) is 0 Å². The topological polar surface area (TPSA) is 59.6 Å². The first-order valence-electron chi connectivity index (χ1n) is 6.74. The molecule has 2 N–H and O–H groups in total. The Labute approximate surface area is 121 Å². The second-order valence-corrected chi connectivity index (χ2v) is 6.28. The molecule has 0 aromatic carbocycles. The van der Waals surface area contributed by atoms with E-state index in [1.807, 2.05) is 20.8 Å². The summed E-state index contributed by atoms with van der Waals surface area (Å²) in [6.07, 6.45) is 3.15.